The van der Waals surface area contributed by atoms with Crippen molar-refractivity contribution in [2.45, 2.75) is 71.5 Å². The molecule has 1 aromatic carbocycles. The van der Waals surface area contributed by atoms with Gasteiger partial charge in [-0.25, -0.2) is 0 Å². The largest absolute Gasteiger partial charge is 0.483 e. The summed E-state index contributed by atoms with van der Waals surface area (Å²) < 4.78 is 5.68. The minimum Gasteiger partial charge on any atom is -0.483 e. The van der Waals surface area contributed by atoms with Crippen LogP contribution in [-0.2, 0) is 14.4 Å². The lowest BCUT2D eigenvalue weighted by molar-refractivity contribution is -0.145. The number of benzene rings is 1. The van der Waals surface area contributed by atoms with Crippen molar-refractivity contribution in [2.24, 2.45) is 5.92 Å². The molecule has 2 aliphatic rings. The summed E-state index contributed by atoms with van der Waals surface area (Å²) in [5, 5.41) is 15.0. The van der Waals surface area contributed by atoms with E-state index in [9.17, 15) is 24.4 Å². The Bertz CT molecular complexity index is 1160. The third-order valence-electron chi connectivity index (χ3n) is 7.17. The molecular weight excluding hydrogens is 524 g/mol. The predicted octanol–water partition coefficient (Wildman–Crippen LogP) is 1.76. The monoisotopic (exact) mass is 568 g/mol. The standard InChI is InChI=1S/C30H44N6O5/c1-20(2)16-23(28(39)36-11-7-8-24(36)29(40)35-14-12-34(6)13-15-35)32-27(38)22-10-9-21(18-31)17-25(22)41-19-26(37)33-30(3,4)5/h9-10,17,20,23-24H,7-8,11-16,19H2,1-6H3,(H,32,38)(H,33,37)/t23-,24-/m1/s1. The molecule has 41 heavy (non-hydrogen) atoms. The van der Waals surface area contributed by atoms with Crippen molar-refractivity contribution in [2.75, 3.05) is 46.4 Å². The molecule has 0 aliphatic carbocycles. The van der Waals surface area contributed by atoms with E-state index in [-0.39, 0.29) is 47.1 Å². The number of nitrogens with zero attached hydrogens (tertiary/aromatic N) is 4. The van der Waals surface area contributed by atoms with E-state index >= 15 is 0 Å². The smallest absolute Gasteiger partial charge is 0.258 e. The molecule has 0 radical (unpaired) electrons. The normalized spacial score (nSPS) is 18.5. The van der Waals surface area contributed by atoms with Gasteiger partial charge in [0.15, 0.2) is 6.61 Å². The number of nitrogens with one attached hydrogen (secondary N) is 2. The van der Waals surface area contributed by atoms with Crippen LogP contribution in [-0.4, -0.2) is 102 Å². The maximum absolute atomic E-state index is 13.8. The number of likely N-dealkylation sites (tertiary alicyclic amines) is 1. The number of hydrogen-bond acceptors (Lipinski definition) is 7. The minimum atomic E-state index is -0.851. The second-order valence-electron chi connectivity index (χ2n) is 12.4. The van der Waals surface area contributed by atoms with E-state index in [2.05, 4.69) is 15.5 Å². The van der Waals surface area contributed by atoms with Crippen LogP contribution in [0.5, 0.6) is 5.75 Å². The fourth-order valence-electron chi connectivity index (χ4n) is 5.15. The molecule has 2 fully saturated rings. The van der Waals surface area contributed by atoms with Gasteiger partial charge in [0.05, 0.1) is 17.2 Å². The van der Waals surface area contributed by atoms with Crippen LogP contribution >= 0.6 is 0 Å². The number of piperazine rings is 1. The number of nitriles is 1. The summed E-state index contributed by atoms with van der Waals surface area (Å²) in [6, 6.07) is 4.98. The second-order valence-corrected chi connectivity index (χ2v) is 12.4. The Labute approximate surface area is 243 Å². The minimum absolute atomic E-state index is 0.0325. The SMILES string of the molecule is CC(C)C[C@@H](NC(=O)c1ccc(C#N)cc1OCC(=O)NC(C)(C)C)C(=O)N1CCC[C@@H]1C(=O)N1CCN(C)CC1. The molecule has 2 heterocycles. The van der Waals surface area contributed by atoms with Gasteiger partial charge in [-0.1, -0.05) is 13.8 Å². The molecule has 1 aromatic rings. The van der Waals surface area contributed by atoms with Crippen molar-refractivity contribution in [3.8, 4) is 11.8 Å². The maximum Gasteiger partial charge on any atom is 0.258 e. The molecule has 0 spiro atoms. The zero-order valence-electron chi connectivity index (χ0n) is 25.2. The number of amides is 4. The highest BCUT2D eigenvalue weighted by Gasteiger charge is 2.40. The van der Waals surface area contributed by atoms with Crippen LogP contribution in [0.15, 0.2) is 18.2 Å². The third-order valence-corrected chi connectivity index (χ3v) is 7.17. The van der Waals surface area contributed by atoms with Crippen LogP contribution in [0.1, 0.15) is 69.8 Å². The average Bonchev–Trinajstić information content (AvgIpc) is 3.39. The summed E-state index contributed by atoms with van der Waals surface area (Å²) in [5.74, 6) is -1.07. The molecule has 2 N–H and O–H groups in total. The topological polar surface area (TPSA) is 135 Å². The zero-order chi connectivity index (χ0) is 30.3. The number of ether oxygens (including phenoxy) is 1. The maximum atomic E-state index is 13.8. The van der Waals surface area contributed by atoms with Crippen molar-refractivity contribution in [3.63, 3.8) is 0 Å². The predicted molar refractivity (Wildman–Crippen MR) is 154 cm³/mol. The van der Waals surface area contributed by atoms with Gasteiger partial charge in [0.25, 0.3) is 11.8 Å². The first-order valence-corrected chi connectivity index (χ1v) is 14.4. The van der Waals surface area contributed by atoms with E-state index in [1.54, 1.807) is 4.90 Å². The molecular formula is C30H44N6O5. The number of hydrogen-bond donors (Lipinski definition) is 2. The van der Waals surface area contributed by atoms with Gasteiger partial charge in [0, 0.05) is 38.3 Å². The molecule has 2 atom stereocenters. The van der Waals surface area contributed by atoms with E-state index in [0.717, 1.165) is 19.5 Å². The Kier molecular flexibility index (Phi) is 10.7. The van der Waals surface area contributed by atoms with Crippen LogP contribution < -0.4 is 15.4 Å². The van der Waals surface area contributed by atoms with Crippen LogP contribution in [0.4, 0.5) is 0 Å². The summed E-state index contributed by atoms with van der Waals surface area (Å²) in [6.07, 6.45) is 1.71. The van der Waals surface area contributed by atoms with E-state index in [1.807, 2.05) is 52.6 Å². The molecule has 224 valence electrons. The molecule has 3 rings (SSSR count). The van der Waals surface area contributed by atoms with Crippen molar-refractivity contribution >= 4 is 23.6 Å². The highest BCUT2D eigenvalue weighted by molar-refractivity contribution is 6.00. The summed E-state index contributed by atoms with van der Waals surface area (Å²) in [6.45, 7) is 12.4. The number of carbonyl (C=O) groups is 4. The molecule has 0 bridgehead atoms. The molecule has 0 unspecified atom stereocenters. The fourth-order valence-corrected chi connectivity index (χ4v) is 5.15. The van der Waals surface area contributed by atoms with Crippen LogP contribution in [0.3, 0.4) is 0 Å². The van der Waals surface area contributed by atoms with E-state index in [1.165, 1.54) is 18.2 Å². The summed E-state index contributed by atoms with van der Waals surface area (Å²) in [4.78, 5) is 58.7. The van der Waals surface area contributed by atoms with Gasteiger partial charge in [0.1, 0.15) is 17.8 Å². The first-order valence-electron chi connectivity index (χ1n) is 14.4. The van der Waals surface area contributed by atoms with E-state index < -0.39 is 23.5 Å². The first kappa shape index (κ1) is 31.9. The summed E-state index contributed by atoms with van der Waals surface area (Å²) in [5.41, 5.74) is -0.0795. The Balaban J connectivity index is 1.77. The molecule has 2 aliphatic heterocycles. The number of carbonyl (C=O) groups excluding carboxylic acids is 4. The van der Waals surface area contributed by atoms with Gasteiger partial charge in [-0.05, 0) is 71.2 Å². The van der Waals surface area contributed by atoms with Gasteiger partial charge >= 0.3 is 0 Å². The highest BCUT2D eigenvalue weighted by Crippen LogP contribution is 2.24. The Hall–Kier alpha value is -3.65. The molecule has 0 saturated carbocycles. The molecule has 2 saturated heterocycles. The lowest BCUT2D eigenvalue weighted by Gasteiger charge is -2.36. The quantitative estimate of drug-likeness (QED) is 0.464. The lowest BCUT2D eigenvalue weighted by atomic mass is 10.0. The number of likely N-dealkylation sites (N-methyl/N-ethyl adjacent to an activating group) is 1. The molecule has 11 heteroatoms. The Morgan fingerprint density at radius 3 is 2.39 bits per heavy atom. The van der Waals surface area contributed by atoms with Gasteiger partial charge in [0.2, 0.25) is 11.8 Å². The summed E-state index contributed by atoms with van der Waals surface area (Å²) in [7, 11) is 2.03. The van der Waals surface area contributed by atoms with Crippen molar-refractivity contribution in [1.29, 1.82) is 5.26 Å². The molecule has 4 amide bonds. The van der Waals surface area contributed by atoms with Gasteiger partial charge in [-0.2, -0.15) is 5.26 Å². The van der Waals surface area contributed by atoms with Crippen LogP contribution in [0.25, 0.3) is 0 Å². The zero-order valence-corrected chi connectivity index (χ0v) is 25.2. The molecule has 0 aromatic heterocycles. The van der Waals surface area contributed by atoms with Gasteiger partial charge < -0.3 is 30.1 Å². The van der Waals surface area contributed by atoms with Crippen molar-refractivity contribution in [3.05, 3.63) is 29.3 Å². The van der Waals surface area contributed by atoms with E-state index in [4.69, 9.17) is 4.74 Å². The second kappa shape index (κ2) is 13.8. The van der Waals surface area contributed by atoms with Crippen molar-refractivity contribution in [1.82, 2.24) is 25.3 Å². The lowest BCUT2D eigenvalue weighted by Crippen LogP contribution is -2.56. The summed E-state index contributed by atoms with van der Waals surface area (Å²) >= 11 is 0. The third kappa shape index (κ3) is 8.92. The van der Waals surface area contributed by atoms with Crippen molar-refractivity contribution < 1.29 is 23.9 Å². The Morgan fingerprint density at radius 2 is 1.78 bits per heavy atom. The van der Waals surface area contributed by atoms with E-state index in [0.29, 0.717) is 32.5 Å². The highest BCUT2D eigenvalue weighted by atomic mass is 16.5. The van der Waals surface area contributed by atoms with Crippen LogP contribution in [0, 0.1) is 17.2 Å². The average molecular weight is 569 g/mol. The van der Waals surface area contributed by atoms with Crippen LogP contribution in [0.2, 0.25) is 0 Å². The van der Waals surface area contributed by atoms with Gasteiger partial charge in [-0.3, -0.25) is 19.2 Å². The molecule has 11 nitrogen and oxygen atoms in total. The number of rotatable bonds is 9. The Morgan fingerprint density at radius 1 is 1.10 bits per heavy atom. The van der Waals surface area contributed by atoms with Gasteiger partial charge in [-0.15, -0.1) is 0 Å². The fraction of sp³-hybridized carbons (Fsp3) is 0.633. The first-order chi connectivity index (χ1) is 19.3.